The molecule has 1 nitrogen and oxygen atoms in total. The summed E-state index contributed by atoms with van der Waals surface area (Å²) >= 11 is 2.33. The van der Waals surface area contributed by atoms with Crippen molar-refractivity contribution in [3.63, 3.8) is 0 Å². The van der Waals surface area contributed by atoms with Crippen LogP contribution in [0.15, 0.2) is 10.7 Å². The molecule has 0 aliphatic carbocycles. The molecule has 0 aliphatic rings. The van der Waals surface area contributed by atoms with Crippen molar-refractivity contribution >= 4 is 22.6 Å². The second-order valence-electron chi connectivity index (χ2n) is 3.81. The molecule has 0 amide bonds. The van der Waals surface area contributed by atoms with Gasteiger partial charge in [0.15, 0.2) is 0 Å². The van der Waals surface area contributed by atoms with Crippen LogP contribution in [-0.4, -0.2) is 0 Å². The van der Waals surface area contributed by atoms with Crippen LogP contribution in [0.2, 0.25) is 0 Å². The first-order valence-electron chi connectivity index (χ1n) is 3.67. The van der Waals surface area contributed by atoms with Crippen molar-refractivity contribution in [1.29, 1.82) is 0 Å². The molecule has 1 heterocycles. The van der Waals surface area contributed by atoms with Crippen molar-refractivity contribution in [2.45, 2.75) is 33.1 Å². The first-order valence-corrected chi connectivity index (χ1v) is 4.75. The molecule has 0 bridgehead atoms. The fourth-order valence-electron chi connectivity index (χ4n) is 0.936. The highest BCUT2D eigenvalue weighted by Crippen LogP contribution is 2.29. The van der Waals surface area contributed by atoms with Crippen molar-refractivity contribution in [3.8, 4) is 0 Å². The minimum Gasteiger partial charge on any atom is -0.467 e. The third-order valence-electron chi connectivity index (χ3n) is 1.58. The fourth-order valence-corrected chi connectivity index (χ4v) is 2.00. The molecule has 1 aromatic heterocycles. The number of halogens is 1. The Bertz CT molecular complexity index is 255. The van der Waals surface area contributed by atoms with Gasteiger partial charge in [0.05, 0.1) is 9.83 Å². The van der Waals surface area contributed by atoms with Crippen molar-refractivity contribution in [2.24, 2.45) is 0 Å². The highest BCUT2D eigenvalue weighted by atomic mass is 127. The minimum atomic E-state index is 0.130. The number of hydrogen-bond acceptors (Lipinski definition) is 1. The summed E-state index contributed by atoms with van der Waals surface area (Å²) in [5.74, 6) is 1.09. The van der Waals surface area contributed by atoms with Gasteiger partial charge in [0.1, 0.15) is 5.76 Å². The summed E-state index contributed by atoms with van der Waals surface area (Å²) in [4.78, 5) is 0. The molecule has 0 aromatic carbocycles. The molecule has 0 saturated heterocycles. The highest BCUT2D eigenvalue weighted by Gasteiger charge is 2.21. The van der Waals surface area contributed by atoms with Gasteiger partial charge in [0.25, 0.3) is 0 Å². The van der Waals surface area contributed by atoms with Crippen LogP contribution in [-0.2, 0) is 5.41 Å². The second-order valence-corrected chi connectivity index (χ2v) is 4.89. The van der Waals surface area contributed by atoms with Gasteiger partial charge in [-0.1, -0.05) is 20.8 Å². The van der Waals surface area contributed by atoms with E-state index in [0.29, 0.717) is 0 Å². The van der Waals surface area contributed by atoms with E-state index in [-0.39, 0.29) is 5.41 Å². The van der Waals surface area contributed by atoms with Crippen LogP contribution in [0.4, 0.5) is 0 Å². The molecule has 0 spiro atoms. The quantitative estimate of drug-likeness (QED) is 0.654. The maximum Gasteiger partial charge on any atom is 0.122 e. The van der Waals surface area contributed by atoms with Gasteiger partial charge in [0.2, 0.25) is 0 Å². The lowest BCUT2D eigenvalue weighted by molar-refractivity contribution is 0.406. The molecule has 2 heteroatoms. The van der Waals surface area contributed by atoms with Crippen molar-refractivity contribution < 1.29 is 4.42 Å². The van der Waals surface area contributed by atoms with E-state index in [1.54, 1.807) is 0 Å². The molecule has 0 unspecified atom stereocenters. The smallest absolute Gasteiger partial charge is 0.122 e. The van der Waals surface area contributed by atoms with Crippen LogP contribution in [0.25, 0.3) is 0 Å². The predicted octanol–water partition coefficient (Wildman–Crippen LogP) is 3.49. The summed E-state index contributed by atoms with van der Waals surface area (Å²) < 4.78 is 6.71. The molecule has 62 valence electrons. The molecule has 1 aromatic rings. The van der Waals surface area contributed by atoms with E-state index in [2.05, 4.69) is 50.3 Å². The number of aryl methyl sites for hydroxylation is 1. The predicted molar refractivity (Wildman–Crippen MR) is 54.9 cm³/mol. The molecule has 0 radical (unpaired) electrons. The van der Waals surface area contributed by atoms with E-state index < -0.39 is 0 Å². The molecule has 0 fully saturated rings. The normalized spacial score (nSPS) is 12.1. The Hall–Kier alpha value is 0.01000. The summed E-state index contributed by atoms with van der Waals surface area (Å²) in [5.41, 5.74) is 1.36. The Morgan fingerprint density at radius 3 is 2.09 bits per heavy atom. The summed E-state index contributed by atoms with van der Waals surface area (Å²) in [6.45, 7) is 8.55. The summed E-state index contributed by atoms with van der Waals surface area (Å²) in [5, 5.41) is 0. The molecule has 0 atom stereocenters. The molecule has 11 heavy (non-hydrogen) atoms. The molecule has 0 aliphatic heterocycles. The lowest BCUT2D eigenvalue weighted by atomic mass is 9.93. The maximum absolute atomic E-state index is 5.45. The molecule has 0 N–H and O–H groups in total. The lowest BCUT2D eigenvalue weighted by Gasteiger charge is -2.15. The molecule has 0 saturated carbocycles. The zero-order chi connectivity index (χ0) is 8.65. The zero-order valence-electron chi connectivity index (χ0n) is 7.36. The van der Waals surface area contributed by atoms with Crippen molar-refractivity contribution in [1.82, 2.24) is 0 Å². The van der Waals surface area contributed by atoms with Crippen LogP contribution in [0, 0.1) is 10.5 Å². The van der Waals surface area contributed by atoms with E-state index >= 15 is 0 Å². The molecular formula is C9H13IO. The van der Waals surface area contributed by atoms with Crippen LogP contribution in [0.3, 0.4) is 0 Å². The standard InChI is InChI=1S/C9H13IO/c1-6-5-11-8(7(6)10)9(2,3)4/h5H,1-4H3. The average molecular weight is 264 g/mol. The van der Waals surface area contributed by atoms with Crippen molar-refractivity contribution in [2.75, 3.05) is 0 Å². The van der Waals surface area contributed by atoms with Gasteiger partial charge in [-0.3, -0.25) is 0 Å². The zero-order valence-corrected chi connectivity index (χ0v) is 9.52. The first-order chi connectivity index (χ1) is 4.93. The van der Waals surface area contributed by atoms with Gasteiger partial charge < -0.3 is 4.42 Å². The van der Waals surface area contributed by atoms with Gasteiger partial charge in [-0.05, 0) is 29.5 Å². The van der Waals surface area contributed by atoms with Gasteiger partial charge in [-0.25, -0.2) is 0 Å². The van der Waals surface area contributed by atoms with Gasteiger partial charge in [-0.2, -0.15) is 0 Å². The SMILES string of the molecule is Cc1coc(C(C)(C)C)c1I. The Labute approximate surface area is 81.3 Å². The monoisotopic (exact) mass is 264 g/mol. The topological polar surface area (TPSA) is 13.1 Å². The summed E-state index contributed by atoms with van der Waals surface area (Å²) in [6, 6.07) is 0. The first kappa shape index (κ1) is 9.10. The van der Waals surface area contributed by atoms with Gasteiger partial charge in [0, 0.05) is 11.0 Å². The summed E-state index contributed by atoms with van der Waals surface area (Å²) in [6.07, 6.45) is 1.82. The van der Waals surface area contributed by atoms with E-state index in [9.17, 15) is 0 Å². The van der Waals surface area contributed by atoms with E-state index in [1.807, 2.05) is 6.26 Å². The van der Waals surface area contributed by atoms with Crippen LogP contribution in [0.5, 0.6) is 0 Å². The lowest BCUT2D eigenvalue weighted by Crippen LogP contribution is -2.11. The third kappa shape index (κ3) is 1.78. The summed E-state index contributed by atoms with van der Waals surface area (Å²) in [7, 11) is 0. The largest absolute Gasteiger partial charge is 0.467 e. The van der Waals surface area contributed by atoms with E-state index in [4.69, 9.17) is 4.42 Å². The van der Waals surface area contributed by atoms with Crippen molar-refractivity contribution in [3.05, 3.63) is 21.2 Å². The third-order valence-corrected chi connectivity index (χ3v) is 2.92. The van der Waals surface area contributed by atoms with Gasteiger partial charge >= 0.3 is 0 Å². The number of hydrogen-bond donors (Lipinski definition) is 0. The molecular weight excluding hydrogens is 251 g/mol. The van der Waals surface area contributed by atoms with Crippen LogP contribution < -0.4 is 0 Å². The maximum atomic E-state index is 5.45. The fraction of sp³-hybridized carbons (Fsp3) is 0.556. The van der Waals surface area contributed by atoms with Crippen LogP contribution in [0.1, 0.15) is 32.1 Å². The van der Waals surface area contributed by atoms with E-state index in [0.717, 1.165) is 5.76 Å². The Kier molecular flexibility index (Phi) is 2.32. The number of furan rings is 1. The Morgan fingerprint density at radius 2 is 1.91 bits per heavy atom. The number of rotatable bonds is 0. The Morgan fingerprint density at radius 1 is 1.36 bits per heavy atom. The van der Waals surface area contributed by atoms with E-state index in [1.165, 1.54) is 9.13 Å². The average Bonchev–Trinajstić information content (AvgIpc) is 2.11. The van der Waals surface area contributed by atoms with Crippen LogP contribution >= 0.6 is 22.6 Å². The Balaban J connectivity index is 3.15. The second kappa shape index (κ2) is 2.81. The minimum absolute atomic E-state index is 0.130. The highest BCUT2D eigenvalue weighted by molar-refractivity contribution is 14.1. The molecule has 1 rings (SSSR count). The van der Waals surface area contributed by atoms with Gasteiger partial charge in [-0.15, -0.1) is 0 Å².